The van der Waals surface area contributed by atoms with E-state index < -0.39 is 0 Å². The summed E-state index contributed by atoms with van der Waals surface area (Å²) >= 11 is 0. The van der Waals surface area contributed by atoms with Crippen LogP contribution in [-0.2, 0) is 13.1 Å². The van der Waals surface area contributed by atoms with Crippen molar-refractivity contribution in [3.05, 3.63) is 53.7 Å². The second kappa shape index (κ2) is 9.08. The number of para-hydroxylation sites is 1. The van der Waals surface area contributed by atoms with Gasteiger partial charge in [0.25, 0.3) is 0 Å². The predicted octanol–water partition coefficient (Wildman–Crippen LogP) is 2.74. The molecule has 0 aliphatic heterocycles. The number of guanidine groups is 1. The average Bonchev–Trinajstić information content (AvgIpc) is 3.51. The molecular formula is C20H26N4O2. The van der Waals surface area contributed by atoms with E-state index in [4.69, 9.17) is 9.47 Å². The van der Waals surface area contributed by atoms with Gasteiger partial charge in [-0.25, -0.2) is 4.98 Å². The first-order valence-corrected chi connectivity index (χ1v) is 8.92. The summed E-state index contributed by atoms with van der Waals surface area (Å²) in [6.45, 7) is 2.05. The largest absolute Gasteiger partial charge is 0.496 e. The van der Waals surface area contributed by atoms with Gasteiger partial charge in [-0.05, 0) is 36.5 Å². The van der Waals surface area contributed by atoms with Crippen LogP contribution in [0.25, 0.3) is 0 Å². The van der Waals surface area contributed by atoms with Crippen LogP contribution in [0.5, 0.6) is 11.6 Å². The number of aromatic nitrogens is 1. The summed E-state index contributed by atoms with van der Waals surface area (Å²) in [5.74, 6) is 3.00. The maximum atomic E-state index is 5.74. The minimum Gasteiger partial charge on any atom is -0.496 e. The normalized spacial score (nSPS) is 14.0. The molecule has 0 bridgehead atoms. The van der Waals surface area contributed by atoms with Crippen LogP contribution in [0.3, 0.4) is 0 Å². The van der Waals surface area contributed by atoms with Crippen molar-refractivity contribution in [2.45, 2.75) is 25.9 Å². The first-order valence-electron chi connectivity index (χ1n) is 8.92. The van der Waals surface area contributed by atoms with Gasteiger partial charge in [0.2, 0.25) is 5.88 Å². The fourth-order valence-electron chi connectivity index (χ4n) is 2.56. The van der Waals surface area contributed by atoms with Gasteiger partial charge >= 0.3 is 0 Å². The Kier molecular flexibility index (Phi) is 6.30. The summed E-state index contributed by atoms with van der Waals surface area (Å²) in [4.78, 5) is 8.54. The van der Waals surface area contributed by atoms with E-state index in [1.54, 1.807) is 20.4 Å². The van der Waals surface area contributed by atoms with Crippen LogP contribution in [0.15, 0.2) is 47.6 Å². The van der Waals surface area contributed by atoms with E-state index in [-0.39, 0.29) is 0 Å². The smallest absolute Gasteiger partial charge is 0.213 e. The van der Waals surface area contributed by atoms with Gasteiger partial charge in [-0.2, -0.15) is 0 Å². The zero-order chi connectivity index (χ0) is 18.2. The average molecular weight is 354 g/mol. The van der Waals surface area contributed by atoms with Gasteiger partial charge in [-0.15, -0.1) is 0 Å². The highest BCUT2D eigenvalue weighted by atomic mass is 16.5. The number of rotatable bonds is 8. The molecule has 0 atom stereocenters. The standard InChI is InChI=1S/C20H26N4O2/c1-21-20(24-13-17-5-3-4-6-18(17)25-2)23-12-16-9-10-22-19(11-16)26-14-15-7-8-15/h3-6,9-11,15H,7-8,12-14H2,1-2H3,(H2,21,23,24). The minimum atomic E-state index is 0.635. The molecule has 138 valence electrons. The van der Waals surface area contributed by atoms with Gasteiger partial charge in [-0.3, -0.25) is 4.99 Å². The number of ether oxygens (including phenoxy) is 2. The van der Waals surface area contributed by atoms with Crippen LogP contribution in [0.1, 0.15) is 24.0 Å². The first kappa shape index (κ1) is 18.0. The molecule has 0 radical (unpaired) electrons. The molecule has 1 aromatic heterocycles. The van der Waals surface area contributed by atoms with Gasteiger partial charge in [0.1, 0.15) is 5.75 Å². The number of methoxy groups -OCH3 is 1. The van der Waals surface area contributed by atoms with Crippen LogP contribution in [0, 0.1) is 5.92 Å². The number of hydrogen-bond acceptors (Lipinski definition) is 4. The Morgan fingerprint density at radius 1 is 1.19 bits per heavy atom. The number of aliphatic imine (C=N–C) groups is 1. The summed E-state index contributed by atoms with van der Waals surface area (Å²) in [5, 5.41) is 6.62. The van der Waals surface area contributed by atoms with E-state index in [0.717, 1.165) is 35.4 Å². The fourth-order valence-corrected chi connectivity index (χ4v) is 2.56. The quantitative estimate of drug-likeness (QED) is 0.564. The van der Waals surface area contributed by atoms with E-state index >= 15 is 0 Å². The van der Waals surface area contributed by atoms with Crippen molar-refractivity contribution >= 4 is 5.96 Å². The predicted molar refractivity (Wildman–Crippen MR) is 102 cm³/mol. The summed E-state index contributed by atoms with van der Waals surface area (Å²) in [6.07, 6.45) is 4.33. The highest BCUT2D eigenvalue weighted by molar-refractivity contribution is 5.79. The Balaban J connectivity index is 1.49. The van der Waals surface area contributed by atoms with Crippen LogP contribution in [-0.4, -0.2) is 31.7 Å². The molecule has 1 heterocycles. The van der Waals surface area contributed by atoms with Crippen molar-refractivity contribution in [1.29, 1.82) is 0 Å². The summed E-state index contributed by atoms with van der Waals surface area (Å²) in [6, 6.07) is 11.9. The third kappa shape index (κ3) is 5.37. The lowest BCUT2D eigenvalue weighted by atomic mass is 10.2. The second-order valence-electron chi connectivity index (χ2n) is 6.35. The monoisotopic (exact) mass is 354 g/mol. The molecule has 2 aromatic rings. The Morgan fingerprint density at radius 2 is 2.00 bits per heavy atom. The second-order valence-corrected chi connectivity index (χ2v) is 6.35. The van der Waals surface area contributed by atoms with Gasteiger partial charge in [0.15, 0.2) is 5.96 Å². The summed E-state index contributed by atoms with van der Waals surface area (Å²) in [5.41, 5.74) is 2.18. The Morgan fingerprint density at radius 3 is 2.77 bits per heavy atom. The van der Waals surface area contributed by atoms with Gasteiger partial charge in [-0.1, -0.05) is 18.2 Å². The lowest BCUT2D eigenvalue weighted by molar-refractivity contribution is 0.288. The molecule has 1 fully saturated rings. The number of hydrogen-bond donors (Lipinski definition) is 2. The highest BCUT2D eigenvalue weighted by Gasteiger charge is 2.22. The van der Waals surface area contributed by atoms with Gasteiger partial charge in [0.05, 0.1) is 13.7 Å². The van der Waals surface area contributed by atoms with Crippen molar-refractivity contribution in [1.82, 2.24) is 15.6 Å². The van der Waals surface area contributed by atoms with Crippen molar-refractivity contribution in [3.63, 3.8) is 0 Å². The highest BCUT2D eigenvalue weighted by Crippen LogP contribution is 2.29. The Labute approximate surface area is 154 Å². The van der Waals surface area contributed by atoms with Crippen LogP contribution < -0.4 is 20.1 Å². The molecule has 0 spiro atoms. The third-order valence-corrected chi connectivity index (χ3v) is 4.29. The number of nitrogens with zero attached hydrogens (tertiary/aromatic N) is 2. The Hall–Kier alpha value is -2.76. The molecule has 3 rings (SSSR count). The molecule has 0 unspecified atom stereocenters. The van der Waals surface area contributed by atoms with Crippen LogP contribution in [0.4, 0.5) is 0 Å². The van der Waals surface area contributed by atoms with Crippen molar-refractivity contribution < 1.29 is 9.47 Å². The van der Waals surface area contributed by atoms with Gasteiger partial charge in [0, 0.05) is 38.0 Å². The SMILES string of the molecule is CN=C(NCc1ccnc(OCC2CC2)c1)NCc1ccccc1OC. The maximum Gasteiger partial charge on any atom is 0.213 e. The molecule has 0 amide bonds. The minimum absolute atomic E-state index is 0.635. The van der Waals surface area contributed by atoms with E-state index in [0.29, 0.717) is 19.0 Å². The molecule has 6 nitrogen and oxygen atoms in total. The molecule has 6 heteroatoms. The molecule has 1 saturated carbocycles. The molecule has 1 aromatic carbocycles. The van der Waals surface area contributed by atoms with E-state index in [1.165, 1.54) is 12.8 Å². The number of pyridine rings is 1. The Bertz CT molecular complexity index is 744. The zero-order valence-corrected chi connectivity index (χ0v) is 15.4. The lowest BCUT2D eigenvalue weighted by Crippen LogP contribution is -2.36. The van der Waals surface area contributed by atoms with E-state index in [2.05, 4.69) is 20.6 Å². The number of nitrogens with one attached hydrogen (secondary N) is 2. The molecule has 1 aliphatic carbocycles. The van der Waals surface area contributed by atoms with E-state index in [1.807, 2.05) is 36.4 Å². The van der Waals surface area contributed by atoms with Crippen molar-refractivity contribution in [2.75, 3.05) is 20.8 Å². The molecule has 2 N–H and O–H groups in total. The zero-order valence-electron chi connectivity index (χ0n) is 15.4. The van der Waals surface area contributed by atoms with Crippen molar-refractivity contribution in [3.8, 4) is 11.6 Å². The van der Waals surface area contributed by atoms with Crippen LogP contribution >= 0.6 is 0 Å². The first-order chi connectivity index (χ1) is 12.8. The number of benzene rings is 1. The van der Waals surface area contributed by atoms with Crippen molar-refractivity contribution in [2.24, 2.45) is 10.9 Å². The maximum absolute atomic E-state index is 5.74. The van der Waals surface area contributed by atoms with Crippen LogP contribution in [0.2, 0.25) is 0 Å². The van der Waals surface area contributed by atoms with E-state index in [9.17, 15) is 0 Å². The molecule has 1 aliphatic rings. The summed E-state index contributed by atoms with van der Waals surface area (Å²) in [7, 11) is 3.44. The fraction of sp³-hybridized carbons (Fsp3) is 0.400. The lowest BCUT2D eigenvalue weighted by Gasteiger charge is -2.14. The van der Waals surface area contributed by atoms with Gasteiger partial charge < -0.3 is 20.1 Å². The summed E-state index contributed by atoms with van der Waals surface area (Å²) < 4.78 is 11.1. The third-order valence-electron chi connectivity index (χ3n) is 4.29. The molecular weight excluding hydrogens is 328 g/mol. The molecule has 26 heavy (non-hydrogen) atoms. The topological polar surface area (TPSA) is 67.8 Å². The molecule has 0 saturated heterocycles.